The largest absolute Gasteiger partial charge is 0.416 e. The van der Waals surface area contributed by atoms with Crippen molar-refractivity contribution in [1.82, 2.24) is 0 Å². The molecular formula is C11H11F3N2. The first kappa shape index (κ1) is 11.0. The van der Waals surface area contributed by atoms with Gasteiger partial charge in [0, 0.05) is 12.5 Å². The summed E-state index contributed by atoms with van der Waals surface area (Å²) in [4.78, 5) is 0. The van der Waals surface area contributed by atoms with Gasteiger partial charge in [-0.3, -0.25) is 0 Å². The van der Waals surface area contributed by atoms with Gasteiger partial charge in [-0.05, 0) is 24.1 Å². The summed E-state index contributed by atoms with van der Waals surface area (Å²) in [6.07, 6.45) is -4.16. The average molecular weight is 229 g/mol. The number of alkyl halides is 3. The minimum atomic E-state index is -4.55. The molecule has 1 atom stereocenters. The second-order valence-corrected chi connectivity index (χ2v) is 3.32. The molecule has 0 spiro atoms. The average Bonchev–Trinajstić information content (AvgIpc) is 2.24. The molecule has 2 nitrogen and oxygen atoms in total. The standard InChI is InChI=1S/C11H11F3N2/c12-11(13,14)9-4-1-3-8(7-9)10(16)5-2-6-15/h1,3-4,7,10H,2,5,16H2/i7D. The summed E-state index contributed by atoms with van der Waals surface area (Å²) in [5.41, 5.74) is 4.78. The van der Waals surface area contributed by atoms with E-state index in [-0.39, 0.29) is 18.4 Å². The molecule has 0 amide bonds. The third-order valence-corrected chi connectivity index (χ3v) is 2.09. The van der Waals surface area contributed by atoms with Crippen LogP contribution < -0.4 is 5.73 Å². The minimum Gasteiger partial charge on any atom is -0.324 e. The number of nitrogens with two attached hydrogens (primary N) is 1. The van der Waals surface area contributed by atoms with Gasteiger partial charge in [-0.1, -0.05) is 12.1 Å². The molecule has 0 saturated heterocycles. The predicted molar refractivity (Wildman–Crippen MR) is 53.2 cm³/mol. The van der Waals surface area contributed by atoms with Crippen LogP contribution in [0.1, 0.15) is 31.4 Å². The molecule has 2 N–H and O–H groups in total. The topological polar surface area (TPSA) is 49.8 Å². The van der Waals surface area contributed by atoms with E-state index in [0.29, 0.717) is 0 Å². The summed E-state index contributed by atoms with van der Waals surface area (Å²) in [5.74, 6) is 0. The first-order chi connectivity index (χ1) is 7.88. The Kier molecular flexibility index (Phi) is 3.42. The Morgan fingerprint density at radius 2 is 2.19 bits per heavy atom. The van der Waals surface area contributed by atoms with Gasteiger partial charge in [-0.15, -0.1) is 0 Å². The van der Waals surface area contributed by atoms with E-state index >= 15 is 0 Å². The van der Waals surface area contributed by atoms with Crippen LogP contribution in [0, 0.1) is 11.3 Å². The second-order valence-electron chi connectivity index (χ2n) is 3.32. The van der Waals surface area contributed by atoms with E-state index in [0.717, 1.165) is 6.07 Å². The molecule has 86 valence electrons. The van der Waals surface area contributed by atoms with Crippen molar-refractivity contribution in [2.75, 3.05) is 0 Å². The molecule has 1 aromatic carbocycles. The van der Waals surface area contributed by atoms with Crippen LogP contribution in [0.5, 0.6) is 0 Å². The van der Waals surface area contributed by atoms with Crippen molar-refractivity contribution in [2.24, 2.45) is 5.73 Å². The molecule has 0 heterocycles. The van der Waals surface area contributed by atoms with Crippen molar-refractivity contribution in [2.45, 2.75) is 25.1 Å². The number of halogens is 3. The van der Waals surface area contributed by atoms with Crippen molar-refractivity contribution in [3.05, 3.63) is 35.4 Å². The SMILES string of the molecule is [2H]c1c(C(N)CCC#N)cccc1C(F)(F)F. The van der Waals surface area contributed by atoms with Gasteiger partial charge in [0.1, 0.15) is 0 Å². The summed E-state index contributed by atoms with van der Waals surface area (Å²) in [7, 11) is 0. The lowest BCUT2D eigenvalue weighted by Crippen LogP contribution is -2.12. The van der Waals surface area contributed by atoms with Gasteiger partial charge >= 0.3 is 6.18 Å². The van der Waals surface area contributed by atoms with Crippen LogP contribution in [-0.4, -0.2) is 0 Å². The zero-order chi connectivity index (χ0) is 13.1. The Morgan fingerprint density at radius 3 is 2.75 bits per heavy atom. The lowest BCUT2D eigenvalue weighted by Gasteiger charge is -2.13. The molecule has 0 aromatic heterocycles. The summed E-state index contributed by atoms with van der Waals surface area (Å²) in [6.45, 7) is 0. The van der Waals surface area contributed by atoms with Crippen molar-refractivity contribution >= 4 is 0 Å². The van der Waals surface area contributed by atoms with Crippen LogP contribution >= 0.6 is 0 Å². The molecule has 0 aliphatic heterocycles. The van der Waals surface area contributed by atoms with E-state index in [1.54, 1.807) is 0 Å². The van der Waals surface area contributed by atoms with Crippen molar-refractivity contribution < 1.29 is 14.5 Å². The summed E-state index contributed by atoms with van der Waals surface area (Å²) in [5, 5.41) is 8.38. The lowest BCUT2D eigenvalue weighted by molar-refractivity contribution is -0.137. The Labute approximate surface area is 92.9 Å². The quantitative estimate of drug-likeness (QED) is 0.866. The summed E-state index contributed by atoms with van der Waals surface area (Å²) in [6, 6.07) is 4.01. The van der Waals surface area contributed by atoms with Gasteiger partial charge in [-0.2, -0.15) is 18.4 Å². The third kappa shape index (κ3) is 3.24. The number of hydrogen-bond acceptors (Lipinski definition) is 2. The van der Waals surface area contributed by atoms with E-state index in [2.05, 4.69) is 0 Å². The molecule has 0 fully saturated rings. The van der Waals surface area contributed by atoms with E-state index in [1.165, 1.54) is 12.1 Å². The first-order valence-electron chi connectivity index (χ1n) is 5.17. The summed E-state index contributed by atoms with van der Waals surface area (Å²) < 4.78 is 45.1. The minimum absolute atomic E-state index is 0.120. The van der Waals surface area contributed by atoms with Gasteiger partial charge in [0.25, 0.3) is 0 Å². The maximum Gasteiger partial charge on any atom is 0.416 e. The maximum absolute atomic E-state index is 12.5. The van der Waals surface area contributed by atoms with Crippen LogP contribution in [-0.2, 0) is 6.18 Å². The first-order valence-corrected chi connectivity index (χ1v) is 4.67. The van der Waals surface area contributed by atoms with Crippen LogP contribution in [0.3, 0.4) is 0 Å². The molecule has 1 unspecified atom stereocenters. The molecule has 1 aromatic rings. The monoisotopic (exact) mass is 229 g/mol. The van der Waals surface area contributed by atoms with Gasteiger partial charge in [0.05, 0.1) is 13.0 Å². The van der Waals surface area contributed by atoms with Gasteiger partial charge in [0.15, 0.2) is 0 Å². The van der Waals surface area contributed by atoms with Gasteiger partial charge < -0.3 is 5.73 Å². The molecule has 0 radical (unpaired) electrons. The number of hydrogen-bond donors (Lipinski definition) is 1. The Morgan fingerprint density at radius 1 is 1.50 bits per heavy atom. The fourth-order valence-electron chi connectivity index (χ4n) is 1.24. The summed E-state index contributed by atoms with van der Waals surface area (Å²) >= 11 is 0. The fourth-order valence-corrected chi connectivity index (χ4v) is 1.24. The molecule has 0 aliphatic carbocycles. The van der Waals surface area contributed by atoms with Crippen LogP contribution in [0.15, 0.2) is 24.2 Å². The number of nitriles is 1. The van der Waals surface area contributed by atoms with Gasteiger partial charge in [0.2, 0.25) is 0 Å². The molecule has 16 heavy (non-hydrogen) atoms. The highest BCUT2D eigenvalue weighted by Gasteiger charge is 2.30. The highest BCUT2D eigenvalue weighted by Crippen LogP contribution is 2.30. The fraction of sp³-hybridized carbons (Fsp3) is 0.364. The Bertz CT molecular complexity index is 437. The van der Waals surface area contributed by atoms with Crippen LogP contribution in [0.25, 0.3) is 0 Å². The predicted octanol–water partition coefficient (Wildman–Crippen LogP) is 3.01. The van der Waals surface area contributed by atoms with E-state index in [1.807, 2.05) is 6.07 Å². The molecular weight excluding hydrogens is 217 g/mol. The maximum atomic E-state index is 12.5. The molecule has 0 saturated carbocycles. The third-order valence-electron chi connectivity index (χ3n) is 2.09. The molecule has 0 aliphatic rings. The zero-order valence-corrected chi connectivity index (χ0v) is 8.38. The highest BCUT2D eigenvalue weighted by atomic mass is 19.4. The second kappa shape index (κ2) is 4.99. The van der Waals surface area contributed by atoms with Crippen molar-refractivity contribution in [1.29, 1.82) is 5.26 Å². The van der Waals surface area contributed by atoms with E-state index < -0.39 is 23.8 Å². The van der Waals surface area contributed by atoms with E-state index in [9.17, 15) is 13.2 Å². The van der Waals surface area contributed by atoms with E-state index in [4.69, 9.17) is 12.4 Å². The lowest BCUT2D eigenvalue weighted by atomic mass is 10.0. The normalized spacial score (nSPS) is 14.1. The molecule has 1 rings (SSSR count). The van der Waals surface area contributed by atoms with Crippen LogP contribution in [0.2, 0.25) is 0 Å². The van der Waals surface area contributed by atoms with Crippen molar-refractivity contribution in [3.63, 3.8) is 0 Å². The Balaban J connectivity index is 3.07. The molecule has 5 heteroatoms. The number of benzene rings is 1. The highest BCUT2D eigenvalue weighted by molar-refractivity contribution is 5.27. The number of nitrogens with zero attached hydrogens (tertiary/aromatic N) is 1. The van der Waals surface area contributed by atoms with Gasteiger partial charge in [-0.25, -0.2) is 0 Å². The molecule has 0 bridgehead atoms. The van der Waals surface area contributed by atoms with Crippen molar-refractivity contribution in [3.8, 4) is 6.07 Å². The Hall–Kier alpha value is -1.54. The zero-order valence-electron chi connectivity index (χ0n) is 9.38. The van der Waals surface area contributed by atoms with Crippen LogP contribution in [0.4, 0.5) is 13.2 Å². The number of rotatable bonds is 3. The smallest absolute Gasteiger partial charge is 0.324 e.